The first-order chi connectivity index (χ1) is 13.4. The molecule has 2 aromatic carbocycles. The average molecular weight is 377 g/mol. The first kappa shape index (κ1) is 20.1. The highest BCUT2D eigenvalue weighted by Gasteiger charge is 2.30. The molecule has 0 amide bonds. The van der Waals surface area contributed by atoms with Crippen LogP contribution in [0.4, 0.5) is 0 Å². The molecular weight excluding hydrogens is 344 g/mol. The van der Waals surface area contributed by atoms with Crippen LogP contribution in [0.5, 0.6) is 0 Å². The summed E-state index contributed by atoms with van der Waals surface area (Å²) in [5, 5.41) is 15.1. The number of amidine groups is 2. The van der Waals surface area contributed by atoms with Crippen molar-refractivity contribution in [1.82, 2.24) is 0 Å². The standard InChI is InChI=1S/C24H32N4/c1-15(17-6-10-19(11-7-17)23(25)26)21-4-3-5-22(14-21)16(2)18-8-12-20(13-9-18)24(27)28/h6-13,15-16,21-22H,3-5,14H2,1-2H3,(H3,25,26)(H3,27,28)/t15?,16?,21-,22+. The molecule has 0 heterocycles. The largest absolute Gasteiger partial charge is 0.384 e. The lowest BCUT2D eigenvalue weighted by molar-refractivity contribution is 0.217. The van der Waals surface area contributed by atoms with Crippen LogP contribution >= 0.6 is 0 Å². The van der Waals surface area contributed by atoms with Crippen LogP contribution in [0.15, 0.2) is 48.5 Å². The van der Waals surface area contributed by atoms with Gasteiger partial charge in [0, 0.05) is 11.1 Å². The van der Waals surface area contributed by atoms with Crippen molar-refractivity contribution in [3.05, 3.63) is 70.8 Å². The molecule has 28 heavy (non-hydrogen) atoms. The van der Waals surface area contributed by atoms with E-state index in [2.05, 4.69) is 38.1 Å². The molecule has 1 aliphatic rings. The summed E-state index contributed by atoms with van der Waals surface area (Å²) in [5.41, 5.74) is 15.4. The third kappa shape index (κ3) is 4.44. The van der Waals surface area contributed by atoms with Crippen LogP contribution < -0.4 is 11.5 Å². The Bertz CT molecular complexity index is 753. The third-order valence-corrected chi connectivity index (χ3v) is 6.66. The van der Waals surface area contributed by atoms with Gasteiger partial charge >= 0.3 is 0 Å². The Labute approximate surface area is 168 Å². The predicted octanol–water partition coefficient (Wildman–Crippen LogP) is 4.97. The highest BCUT2D eigenvalue weighted by atomic mass is 14.7. The summed E-state index contributed by atoms with van der Waals surface area (Å²) < 4.78 is 0. The van der Waals surface area contributed by atoms with E-state index in [0.29, 0.717) is 23.7 Å². The Balaban J connectivity index is 1.68. The van der Waals surface area contributed by atoms with Crippen LogP contribution in [-0.4, -0.2) is 11.7 Å². The van der Waals surface area contributed by atoms with Gasteiger partial charge in [0.05, 0.1) is 0 Å². The van der Waals surface area contributed by atoms with Gasteiger partial charge in [0.2, 0.25) is 0 Å². The van der Waals surface area contributed by atoms with Gasteiger partial charge in [0.1, 0.15) is 11.7 Å². The molecule has 0 saturated heterocycles. The van der Waals surface area contributed by atoms with E-state index in [4.69, 9.17) is 22.3 Å². The van der Waals surface area contributed by atoms with Crippen molar-refractivity contribution in [3.8, 4) is 0 Å². The number of nitrogens with two attached hydrogens (primary N) is 2. The molecule has 4 nitrogen and oxygen atoms in total. The van der Waals surface area contributed by atoms with E-state index in [9.17, 15) is 0 Å². The second kappa shape index (κ2) is 8.59. The lowest BCUT2D eigenvalue weighted by atomic mass is 9.69. The first-order valence-corrected chi connectivity index (χ1v) is 10.3. The minimum atomic E-state index is 0.126. The van der Waals surface area contributed by atoms with Crippen molar-refractivity contribution in [1.29, 1.82) is 10.8 Å². The summed E-state index contributed by atoms with van der Waals surface area (Å²) in [6.07, 6.45) is 5.08. The minimum Gasteiger partial charge on any atom is -0.384 e. The molecule has 0 radical (unpaired) electrons. The van der Waals surface area contributed by atoms with Crippen LogP contribution in [0.1, 0.15) is 73.6 Å². The fourth-order valence-corrected chi connectivity index (χ4v) is 4.65. The van der Waals surface area contributed by atoms with Crippen molar-refractivity contribution >= 4 is 11.7 Å². The highest BCUT2D eigenvalue weighted by Crippen LogP contribution is 2.43. The molecule has 0 aromatic heterocycles. The van der Waals surface area contributed by atoms with Gasteiger partial charge in [-0.15, -0.1) is 0 Å². The van der Waals surface area contributed by atoms with Gasteiger partial charge in [-0.2, -0.15) is 0 Å². The van der Waals surface area contributed by atoms with Crippen LogP contribution in [0.3, 0.4) is 0 Å². The van der Waals surface area contributed by atoms with Gasteiger partial charge in [0.25, 0.3) is 0 Å². The SMILES string of the molecule is CC(c1ccc(C(=N)N)cc1)[C@@H]1CCC[C@H](C(C)c2ccc(C(=N)N)cc2)C1. The number of hydrogen-bond donors (Lipinski definition) is 4. The molecule has 4 atom stereocenters. The maximum Gasteiger partial charge on any atom is 0.122 e. The van der Waals surface area contributed by atoms with E-state index in [1.807, 2.05) is 24.3 Å². The van der Waals surface area contributed by atoms with E-state index < -0.39 is 0 Å². The van der Waals surface area contributed by atoms with Gasteiger partial charge in [-0.3, -0.25) is 10.8 Å². The fraction of sp³-hybridized carbons (Fsp3) is 0.417. The highest BCUT2D eigenvalue weighted by molar-refractivity contribution is 5.95. The molecule has 1 saturated carbocycles. The van der Waals surface area contributed by atoms with Crippen molar-refractivity contribution in [2.24, 2.45) is 23.3 Å². The molecule has 1 fully saturated rings. The minimum absolute atomic E-state index is 0.126. The van der Waals surface area contributed by atoms with Crippen LogP contribution in [0.2, 0.25) is 0 Å². The smallest absolute Gasteiger partial charge is 0.122 e. The third-order valence-electron chi connectivity index (χ3n) is 6.66. The Hall–Kier alpha value is -2.62. The Morgan fingerprint density at radius 3 is 1.43 bits per heavy atom. The molecule has 4 heteroatoms. The van der Waals surface area contributed by atoms with Gasteiger partial charge in [-0.05, 0) is 54.1 Å². The monoisotopic (exact) mass is 376 g/mol. The Kier molecular flexibility index (Phi) is 6.18. The lowest BCUT2D eigenvalue weighted by Gasteiger charge is -2.36. The topological polar surface area (TPSA) is 99.7 Å². The number of nitrogens with one attached hydrogen (secondary N) is 2. The maximum absolute atomic E-state index is 7.56. The van der Waals surface area contributed by atoms with E-state index in [0.717, 1.165) is 11.1 Å². The molecule has 2 aromatic rings. The molecule has 2 unspecified atom stereocenters. The summed E-state index contributed by atoms with van der Waals surface area (Å²) >= 11 is 0. The second-order valence-electron chi connectivity index (χ2n) is 8.34. The zero-order chi connectivity index (χ0) is 20.3. The molecular formula is C24H32N4. The first-order valence-electron chi connectivity index (χ1n) is 10.3. The summed E-state index contributed by atoms with van der Waals surface area (Å²) in [6.45, 7) is 4.67. The molecule has 0 spiro atoms. The quantitative estimate of drug-likeness (QED) is 0.423. The van der Waals surface area contributed by atoms with Crippen molar-refractivity contribution in [2.75, 3.05) is 0 Å². The van der Waals surface area contributed by atoms with Gasteiger partial charge in [0.15, 0.2) is 0 Å². The van der Waals surface area contributed by atoms with E-state index in [1.54, 1.807) is 0 Å². The van der Waals surface area contributed by atoms with Crippen molar-refractivity contribution in [2.45, 2.75) is 51.4 Å². The van der Waals surface area contributed by atoms with Crippen molar-refractivity contribution < 1.29 is 0 Å². The summed E-state index contributed by atoms with van der Waals surface area (Å²) in [6, 6.07) is 16.4. The van der Waals surface area contributed by atoms with Gasteiger partial charge < -0.3 is 11.5 Å². The lowest BCUT2D eigenvalue weighted by Crippen LogP contribution is -2.24. The maximum atomic E-state index is 7.56. The normalized spacial score (nSPS) is 21.6. The summed E-state index contributed by atoms with van der Waals surface area (Å²) in [4.78, 5) is 0. The van der Waals surface area contributed by atoms with Gasteiger partial charge in [-0.25, -0.2) is 0 Å². The fourth-order valence-electron chi connectivity index (χ4n) is 4.65. The van der Waals surface area contributed by atoms with E-state index in [1.165, 1.54) is 36.8 Å². The molecule has 6 N–H and O–H groups in total. The molecule has 148 valence electrons. The zero-order valence-electron chi connectivity index (χ0n) is 16.9. The second-order valence-corrected chi connectivity index (χ2v) is 8.34. The number of rotatable bonds is 6. The van der Waals surface area contributed by atoms with E-state index in [-0.39, 0.29) is 11.7 Å². The average Bonchev–Trinajstić information content (AvgIpc) is 2.73. The van der Waals surface area contributed by atoms with Crippen LogP contribution in [0, 0.1) is 22.7 Å². The summed E-state index contributed by atoms with van der Waals surface area (Å²) in [7, 11) is 0. The van der Waals surface area contributed by atoms with E-state index >= 15 is 0 Å². The Morgan fingerprint density at radius 2 is 1.11 bits per heavy atom. The number of hydrogen-bond acceptors (Lipinski definition) is 2. The predicted molar refractivity (Wildman–Crippen MR) is 117 cm³/mol. The molecule has 1 aliphatic carbocycles. The van der Waals surface area contributed by atoms with Gasteiger partial charge in [-0.1, -0.05) is 68.8 Å². The number of nitrogen functional groups attached to an aromatic ring is 2. The van der Waals surface area contributed by atoms with Crippen LogP contribution in [-0.2, 0) is 0 Å². The number of benzene rings is 2. The van der Waals surface area contributed by atoms with Crippen molar-refractivity contribution in [3.63, 3.8) is 0 Å². The summed E-state index contributed by atoms with van der Waals surface area (Å²) in [5.74, 6) is 2.64. The van der Waals surface area contributed by atoms with Crippen LogP contribution in [0.25, 0.3) is 0 Å². The Morgan fingerprint density at radius 1 is 0.750 bits per heavy atom. The molecule has 0 aliphatic heterocycles. The zero-order valence-corrected chi connectivity index (χ0v) is 16.9. The molecule has 0 bridgehead atoms. The molecule has 3 rings (SSSR count).